The number of carbonyl (C=O) groups excluding carboxylic acids is 2. The van der Waals surface area contributed by atoms with Gasteiger partial charge in [-0.2, -0.15) is 0 Å². The molecule has 3 N–H and O–H groups in total. The minimum atomic E-state index is -0.611. The van der Waals surface area contributed by atoms with Gasteiger partial charge in [-0.15, -0.1) is 0 Å². The number of H-pyrrole nitrogens is 1. The first-order chi connectivity index (χ1) is 14.9. The molecule has 2 amide bonds. The largest absolute Gasteiger partial charge is 0.349 e. The molecule has 0 aliphatic carbocycles. The maximum atomic E-state index is 12.5. The summed E-state index contributed by atoms with van der Waals surface area (Å²) < 4.78 is 9.56. The summed E-state index contributed by atoms with van der Waals surface area (Å²) in [4.78, 5) is 28.1. The summed E-state index contributed by atoms with van der Waals surface area (Å²) in [6, 6.07) is 25.6. The molecule has 0 fully saturated rings. The molecule has 31 heavy (non-hydrogen) atoms. The second kappa shape index (κ2) is 10.4. The van der Waals surface area contributed by atoms with E-state index >= 15 is 0 Å². The highest BCUT2D eigenvalue weighted by Crippen LogP contribution is 2.25. The molecule has 0 bridgehead atoms. The quantitative estimate of drug-likeness (QED) is 0.437. The first kappa shape index (κ1) is 22.0. The molecule has 0 radical (unpaired) electrons. The number of anilines is 2. The van der Waals surface area contributed by atoms with E-state index in [-0.39, 0.29) is 11.8 Å². The Morgan fingerprint density at radius 3 is 2.03 bits per heavy atom. The number of amides is 2. The third-order valence-electron chi connectivity index (χ3n) is 4.22. The molecule has 0 aliphatic rings. The molecule has 0 spiro atoms. The number of benzene rings is 3. The molecule has 3 aromatic carbocycles. The molecule has 6 nitrogen and oxygen atoms in total. The number of nitrogens with one attached hydrogen (secondary N) is 3. The molecule has 0 atom stereocenters. The monoisotopic (exact) mass is 433 g/mol. The van der Waals surface area contributed by atoms with Gasteiger partial charge >= 0.3 is 0 Å². The van der Waals surface area contributed by atoms with Crippen molar-refractivity contribution in [2.45, 2.75) is 0 Å². The smallest absolute Gasteiger partial charge is 0.272 e. The van der Waals surface area contributed by atoms with E-state index in [0.717, 1.165) is 11.1 Å². The fraction of sp³-hybridized carbons (Fsp3) is 0.0833. The molecule has 0 aliphatic heterocycles. The summed E-state index contributed by atoms with van der Waals surface area (Å²) in [7, 11) is -0.611. The van der Waals surface area contributed by atoms with Gasteiger partial charge in [0.1, 0.15) is 5.69 Å². The number of fused-ring (bicyclic) bond motifs is 1. The molecule has 1 heterocycles. The van der Waals surface area contributed by atoms with Crippen LogP contribution in [0.3, 0.4) is 0 Å². The maximum absolute atomic E-state index is 12.5. The topological polar surface area (TPSA) is 91.1 Å². The molecule has 0 unspecified atom stereocenters. The second-order valence-corrected chi connectivity index (χ2v) is 8.32. The van der Waals surface area contributed by atoms with Gasteiger partial charge in [-0.25, -0.2) is 0 Å². The predicted octanol–water partition coefficient (Wildman–Crippen LogP) is 4.67. The Bertz CT molecular complexity index is 1200. The number of aromatic amines is 1. The summed E-state index contributed by atoms with van der Waals surface area (Å²) in [6.07, 6.45) is 3.28. The van der Waals surface area contributed by atoms with Gasteiger partial charge in [0.25, 0.3) is 11.8 Å². The first-order valence-corrected chi connectivity index (χ1v) is 11.5. The fourth-order valence-electron chi connectivity index (χ4n) is 2.89. The average Bonchev–Trinajstić information content (AvgIpc) is 3.20. The van der Waals surface area contributed by atoms with E-state index in [4.69, 9.17) is 0 Å². The number of aromatic nitrogens is 1. The Balaban J connectivity index is 0.000000628. The highest BCUT2D eigenvalue weighted by atomic mass is 32.2. The Kier molecular flexibility index (Phi) is 7.35. The lowest BCUT2D eigenvalue weighted by molar-refractivity contribution is 0.101. The minimum absolute atomic E-state index is 0.201. The lowest BCUT2D eigenvalue weighted by Crippen LogP contribution is -2.13. The third-order valence-corrected chi connectivity index (χ3v) is 4.22. The van der Waals surface area contributed by atoms with Crippen LogP contribution < -0.4 is 10.6 Å². The standard InChI is InChI=1S/C22H17N3O2.C2H6OS/c26-21(15-8-3-1-4-9-15)25-18-13-7-10-16-14-19(24-20(16)18)22(27)23-17-11-5-2-6-12-17;1-4(2)3/h1-14,24H,(H,23,27)(H,25,26);1-2H3. The van der Waals surface area contributed by atoms with Crippen molar-refractivity contribution in [3.63, 3.8) is 0 Å². The van der Waals surface area contributed by atoms with Gasteiger partial charge in [0.05, 0.1) is 11.2 Å². The number of rotatable bonds is 4. The Labute approximate surface area is 183 Å². The molecule has 4 aromatic rings. The molecule has 4 rings (SSSR count). The molecular formula is C24H23N3O3S. The van der Waals surface area contributed by atoms with E-state index in [9.17, 15) is 13.8 Å². The summed E-state index contributed by atoms with van der Waals surface area (Å²) in [6.45, 7) is 0. The SMILES string of the molecule is CS(C)=O.O=C(Nc1cccc2cc(C(=O)Nc3ccccc3)[nH]c12)c1ccccc1. The van der Waals surface area contributed by atoms with Gasteiger partial charge in [0.15, 0.2) is 0 Å². The normalized spacial score (nSPS) is 10.3. The van der Waals surface area contributed by atoms with Crippen molar-refractivity contribution in [2.24, 2.45) is 0 Å². The van der Waals surface area contributed by atoms with Gasteiger partial charge < -0.3 is 15.6 Å². The molecule has 7 heteroatoms. The van der Waals surface area contributed by atoms with Crippen molar-refractivity contribution >= 4 is 44.9 Å². The summed E-state index contributed by atoms with van der Waals surface area (Å²) in [5.41, 5.74) is 3.05. The van der Waals surface area contributed by atoms with E-state index < -0.39 is 10.8 Å². The van der Waals surface area contributed by atoms with Crippen LogP contribution in [-0.4, -0.2) is 33.5 Å². The van der Waals surface area contributed by atoms with Crippen LogP contribution in [0.1, 0.15) is 20.8 Å². The Morgan fingerprint density at radius 2 is 1.39 bits per heavy atom. The minimum Gasteiger partial charge on any atom is -0.349 e. The number of para-hydroxylation sites is 2. The number of carbonyl (C=O) groups is 2. The van der Waals surface area contributed by atoms with E-state index in [0.29, 0.717) is 22.5 Å². The summed E-state index contributed by atoms with van der Waals surface area (Å²) in [5, 5.41) is 6.60. The van der Waals surface area contributed by atoms with Gasteiger partial charge in [0.2, 0.25) is 0 Å². The average molecular weight is 434 g/mol. The van der Waals surface area contributed by atoms with E-state index in [1.807, 2.05) is 60.7 Å². The van der Waals surface area contributed by atoms with Gasteiger partial charge in [-0.05, 0) is 36.4 Å². The maximum Gasteiger partial charge on any atom is 0.272 e. The molecule has 1 aromatic heterocycles. The van der Waals surface area contributed by atoms with Crippen LogP contribution in [0.5, 0.6) is 0 Å². The summed E-state index contributed by atoms with van der Waals surface area (Å²) >= 11 is 0. The van der Waals surface area contributed by atoms with Crippen LogP contribution in [0, 0.1) is 0 Å². The predicted molar refractivity (Wildman–Crippen MR) is 127 cm³/mol. The van der Waals surface area contributed by atoms with Gasteiger partial charge in [-0.1, -0.05) is 48.5 Å². The van der Waals surface area contributed by atoms with Crippen molar-refractivity contribution in [2.75, 3.05) is 23.1 Å². The van der Waals surface area contributed by atoms with Crippen LogP contribution in [-0.2, 0) is 10.8 Å². The molecule has 158 valence electrons. The zero-order valence-corrected chi connectivity index (χ0v) is 18.0. The lowest BCUT2D eigenvalue weighted by atomic mass is 10.2. The second-order valence-electron chi connectivity index (χ2n) is 6.83. The molecule has 0 saturated heterocycles. The van der Waals surface area contributed by atoms with Crippen LogP contribution in [0.2, 0.25) is 0 Å². The lowest BCUT2D eigenvalue weighted by Gasteiger charge is -2.06. The van der Waals surface area contributed by atoms with E-state index in [1.165, 1.54) is 0 Å². The van der Waals surface area contributed by atoms with Crippen LogP contribution in [0.4, 0.5) is 11.4 Å². The van der Waals surface area contributed by atoms with Crippen molar-refractivity contribution in [1.29, 1.82) is 0 Å². The van der Waals surface area contributed by atoms with Crippen LogP contribution >= 0.6 is 0 Å². The number of hydrogen-bond acceptors (Lipinski definition) is 3. The molecule has 0 saturated carbocycles. The van der Waals surface area contributed by atoms with Crippen molar-refractivity contribution in [1.82, 2.24) is 4.98 Å². The van der Waals surface area contributed by atoms with Crippen molar-refractivity contribution in [3.05, 3.63) is 96.2 Å². The van der Waals surface area contributed by atoms with E-state index in [2.05, 4.69) is 15.6 Å². The number of hydrogen-bond donors (Lipinski definition) is 3. The highest BCUT2D eigenvalue weighted by molar-refractivity contribution is 7.83. The molecular weight excluding hydrogens is 410 g/mol. The van der Waals surface area contributed by atoms with Crippen LogP contribution in [0.15, 0.2) is 84.9 Å². The fourth-order valence-corrected chi connectivity index (χ4v) is 2.89. The zero-order chi connectivity index (χ0) is 22.2. The Morgan fingerprint density at radius 1 is 0.774 bits per heavy atom. The highest BCUT2D eigenvalue weighted by Gasteiger charge is 2.13. The Hall–Kier alpha value is -3.71. The summed E-state index contributed by atoms with van der Waals surface area (Å²) in [5.74, 6) is -0.439. The van der Waals surface area contributed by atoms with E-state index in [1.54, 1.807) is 36.8 Å². The van der Waals surface area contributed by atoms with Gasteiger partial charge in [0, 0.05) is 39.9 Å². The third kappa shape index (κ3) is 6.13. The zero-order valence-electron chi connectivity index (χ0n) is 17.2. The van der Waals surface area contributed by atoms with Crippen molar-refractivity contribution in [3.8, 4) is 0 Å². The first-order valence-electron chi connectivity index (χ1n) is 9.53. The van der Waals surface area contributed by atoms with Crippen molar-refractivity contribution < 1.29 is 13.8 Å². The van der Waals surface area contributed by atoms with Gasteiger partial charge in [-0.3, -0.25) is 13.8 Å². The van der Waals surface area contributed by atoms with Crippen LogP contribution in [0.25, 0.3) is 10.9 Å².